The molecule has 1 aromatic carbocycles. The molecule has 0 radical (unpaired) electrons. The Kier molecular flexibility index (Phi) is 7.13. The van der Waals surface area contributed by atoms with E-state index in [4.69, 9.17) is 15.0 Å². The molecule has 0 aliphatic rings. The van der Waals surface area contributed by atoms with Gasteiger partial charge in [-0.1, -0.05) is 0 Å². The third-order valence-electron chi connectivity index (χ3n) is 2.97. The van der Waals surface area contributed by atoms with Gasteiger partial charge in [0.1, 0.15) is 0 Å². The van der Waals surface area contributed by atoms with Gasteiger partial charge in [0.15, 0.2) is 0 Å². The van der Waals surface area contributed by atoms with Crippen LogP contribution in [0, 0.1) is 0 Å². The first-order valence-electron chi connectivity index (χ1n) is 7.20. The van der Waals surface area contributed by atoms with Crippen LogP contribution in [0.5, 0.6) is 0 Å². The topological polar surface area (TPSA) is 44.5 Å². The summed E-state index contributed by atoms with van der Waals surface area (Å²) in [6, 6.07) is 8.09. The van der Waals surface area contributed by atoms with Crippen LogP contribution in [0.2, 0.25) is 14.8 Å². The van der Waals surface area contributed by atoms with Crippen LogP contribution in [0.15, 0.2) is 30.2 Å². The van der Waals surface area contributed by atoms with E-state index in [1.165, 1.54) is 9.15 Å². The number of rotatable bonds is 7. The Morgan fingerprint density at radius 3 is 2.25 bits per heavy atom. The van der Waals surface area contributed by atoms with Crippen molar-refractivity contribution in [3.8, 4) is 0 Å². The minimum atomic E-state index is -2.30. The molecule has 0 aliphatic heterocycles. The van der Waals surface area contributed by atoms with Crippen LogP contribution in [-0.4, -0.2) is 38.7 Å². The van der Waals surface area contributed by atoms with Crippen LogP contribution in [0.1, 0.15) is 19.4 Å². The number of hydrogen-bond acceptors (Lipinski definition) is 3. The van der Waals surface area contributed by atoms with Gasteiger partial charge >= 0.3 is 127 Å². The predicted molar refractivity (Wildman–Crippen MR) is 91.2 cm³/mol. The van der Waals surface area contributed by atoms with Crippen molar-refractivity contribution in [1.82, 2.24) is 0 Å². The van der Waals surface area contributed by atoms with Gasteiger partial charge in [0.05, 0.1) is 0 Å². The summed E-state index contributed by atoms with van der Waals surface area (Å²) >= 11 is -2.30. The summed E-state index contributed by atoms with van der Waals surface area (Å²) in [7, 11) is -0.266. The van der Waals surface area contributed by atoms with Crippen LogP contribution in [-0.2, 0) is 9.31 Å². The summed E-state index contributed by atoms with van der Waals surface area (Å²) in [5.41, 5.74) is 7.93. The van der Waals surface area contributed by atoms with Gasteiger partial charge in [-0.3, -0.25) is 0 Å². The molecule has 2 N–H and O–H groups in total. The fourth-order valence-electron chi connectivity index (χ4n) is 2.09. The molecular weight excluding hydrogens is 356 g/mol. The number of benzene rings is 1. The Bertz CT molecular complexity index is 451. The van der Waals surface area contributed by atoms with E-state index >= 15 is 0 Å². The van der Waals surface area contributed by atoms with E-state index in [2.05, 4.69) is 26.9 Å². The van der Waals surface area contributed by atoms with E-state index < -0.39 is 18.4 Å². The van der Waals surface area contributed by atoms with Crippen molar-refractivity contribution < 1.29 is 9.31 Å². The van der Waals surface area contributed by atoms with E-state index in [1.54, 1.807) is 0 Å². The molecular formula is C15H26BNO2Sn. The van der Waals surface area contributed by atoms with Crippen molar-refractivity contribution in [3.63, 3.8) is 0 Å². The molecule has 0 heterocycles. The summed E-state index contributed by atoms with van der Waals surface area (Å²) in [6.07, 6.45) is 0. The van der Waals surface area contributed by atoms with Gasteiger partial charge < -0.3 is 0 Å². The number of hydrogen-bond donors (Lipinski definition) is 1. The van der Waals surface area contributed by atoms with E-state index in [0.29, 0.717) is 13.2 Å². The molecule has 0 spiro atoms. The molecule has 0 amide bonds. The molecule has 0 atom stereocenters. The molecule has 0 saturated carbocycles. The van der Waals surface area contributed by atoms with Crippen LogP contribution in [0.3, 0.4) is 0 Å². The molecule has 110 valence electrons. The third-order valence-corrected chi connectivity index (χ3v) is 8.88. The molecule has 0 unspecified atom stereocenters. The minimum absolute atomic E-state index is 0.266. The average molecular weight is 382 g/mol. The zero-order valence-corrected chi connectivity index (χ0v) is 16.1. The molecule has 5 heteroatoms. The first kappa shape index (κ1) is 17.6. The molecule has 20 heavy (non-hydrogen) atoms. The molecule has 1 aromatic rings. The molecule has 0 aliphatic carbocycles. The third kappa shape index (κ3) is 5.50. The number of nitrogen functional groups attached to an aromatic ring is 1. The SMILES string of the molecule is CCOB(/C=[C](/c1cccc(N)c1)[Sn]([CH3])([CH3])[CH3])OCC. The first-order valence-corrected chi connectivity index (χ1v) is 17.2. The Labute approximate surface area is 127 Å². The summed E-state index contributed by atoms with van der Waals surface area (Å²) < 4.78 is 12.7. The second-order valence-electron chi connectivity index (χ2n) is 5.73. The van der Waals surface area contributed by atoms with Crippen molar-refractivity contribution in [2.75, 3.05) is 18.9 Å². The monoisotopic (exact) mass is 383 g/mol. The molecule has 0 bridgehead atoms. The Morgan fingerprint density at radius 2 is 1.80 bits per heavy atom. The predicted octanol–water partition coefficient (Wildman–Crippen LogP) is 3.63. The molecule has 0 fully saturated rings. The van der Waals surface area contributed by atoms with Crippen molar-refractivity contribution in [2.45, 2.75) is 28.7 Å². The normalized spacial score (nSPS) is 12.6. The average Bonchev–Trinajstić information content (AvgIpc) is 2.35. The van der Waals surface area contributed by atoms with Crippen molar-refractivity contribution in [3.05, 3.63) is 35.8 Å². The fourth-order valence-corrected chi connectivity index (χ4v) is 6.83. The van der Waals surface area contributed by atoms with Gasteiger partial charge in [0, 0.05) is 0 Å². The van der Waals surface area contributed by atoms with Gasteiger partial charge in [-0.15, -0.1) is 0 Å². The second-order valence-corrected chi connectivity index (χ2v) is 20.1. The van der Waals surface area contributed by atoms with Crippen LogP contribution >= 0.6 is 0 Å². The molecule has 1 rings (SSSR count). The van der Waals surface area contributed by atoms with E-state index in [0.717, 1.165) is 5.69 Å². The Morgan fingerprint density at radius 1 is 1.20 bits per heavy atom. The number of anilines is 1. The van der Waals surface area contributed by atoms with E-state index in [-0.39, 0.29) is 7.12 Å². The van der Waals surface area contributed by atoms with Crippen molar-refractivity contribution in [2.24, 2.45) is 0 Å². The van der Waals surface area contributed by atoms with E-state index in [9.17, 15) is 0 Å². The van der Waals surface area contributed by atoms with Crippen LogP contribution in [0.4, 0.5) is 5.69 Å². The summed E-state index contributed by atoms with van der Waals surface area (Å²) in [4.78, 5) is 7.16. The molecule has 0 aromatic heterocycles. The summed E-state index contributed by atoms with van der Waals surface area (Å²) in [5.74, 6) is 2.15. The maximum atomic E-state index is 5.92. The van der Waals surface area contributed by atoms with Crippen molar-refractivity contribution in [1.29, 1.82) is 0 Å². The Hall–Kier alpha value is -0.456. The first-order chi connectivity index (χ1) is 9.38. The summed E-state index contributed by atoms with van der Waals surface area (Å²) in [5, 5.41) is 0. The van der Waals surface area contributed by atoms with E-state index in [1.807, 2.05) is 32.0 Å². The quantitative estimate of drug-likeness (QED) is 0.579. The zero-order chi connectivity index (χ0) is 15.2. The van der Waals surface area contributed by atoms with Crippen LogP contribution in [0.25, 0.3) is 3.59 Å². The van der Waals surface area contributed by atoms with Gasteiger partial charge in [-0.2, -0.15) is 0 Å². The van der Waals surface area contributed by atoms with Crippen LogP contribution < -0.4 is 5.73 Å². The Balaban J connectivity index is 3.18. The zero-order valence-electron chi connectivity index (χ0n) is 13.3. The second kappa shape index (κ2) is 8.10. The van der Waals surface area contributed by atoms with Gasteiger partial charge in [0.25, 0.3) is 0 Å². The fraction of sp³-hybridized carbons (Fsp3) is 0.467. The van der Waals surface area contributed by atoms with Gasteiger partial charge in [-0.05, 0) is 0 Å². The number of nitrogens with two attached hydrogens (primary N) is 1. The van der Waals surface area contributed by atoms with Gasteiger partial charge in [0.2, 0.25) is 0 Å². The van der Waals surface area contributed by atoms with Crippen molar-refractivity contribution >= 4 is 34.8 Å². The molecule has 0 saturated heterocycles. The summed E-state index contributed by atoms with van der Waals surface area (Å²) in [6.45, 7) is 5.26. The molecule has 3 nitrogen and oxygen atoms in total. The maximum absolute atomic E-state index is 5.92. The van der Waals surface area contributed by atoms with Gasteiger partial charge in [-0.25, -0.2) is 0 Å². The standard InChI is InChI=1S/C12H17BNO2.3CH3.Sn/c1-3-15-13(16-4-2)9-8-11-6-5-7-12(14)10-11;;;;/h5-7,9-10H,3-4,14H2,1-2H3;3*1H3;.